The van der Waals surface area contributed by atoms with Crippen LogP contribution < -0.4 is 5.32 Å². The van der Waals surface area contributed by atoms with E-state index in [4.69, 9.17) is 9.26 Å². The second-order valence-corrected chi connectivity index (χ2v) is 7.17. The van der Waals surface area contributed by atoms with E-state index >= 15 is 0 Å². The highest BCUT2D eigenvalue weighted by Crippen LogP contribution is 2.26. The van der Waals surface area contributed by atoms with Gasteiger partial charge in [0.15, 0.2) is 6.61 Å². The molecule has 0 saturated carbocycles. The number of ether oxygens (including phenoxy) is 1. The molecule has 1 amide bonds. The second kappa shape index (κ2) is 8.62. The third-order valence-electron chi connectivity index (χ3n) is 3.90. The minimum absolute atomic E-state index is 0.145. The topological polar surface area (TPSA) is 98.5 Å². The molecular weight excluding hydrogens is 380 g/mol. The lowest BCUT2D eigenvalue weighted by atomic mass is 10.1. The Morgan fingerprint density at radius 1 is 1.14 bits per heavy atom. The van der Waals surface area contributed by atoms with Gasteiger partial charge in [0.05, 0.1) is 11.4 Å². The number of carbonyl (C=O) groups excluding carboxylic acids is 3. The maximum absolute atomic E-state index is 12.5. The van der Waals surface area contributed by atoms with Gasteiger partial charge < -0.3 is 14.6 Å². The lowest BCUT2D eigenvalue weighted by Crippen LogP contribution is -2.18. The van der Waals surface area contributed by atoms with Gasteiger partial charge in [-0.25, -0.2) is 4.79 Å². The van der Waals surface area contributed by atoms with E-state index < -0.39 is 12.6 Å². The summed E-state index contributed by atoms with van der Waals surface area (Å²) >= 11 is 1.25. The Bertz CT molecular complexity index is 1010. The van der Waals surface area contributed by atoms with E-state index in [2.05, 4.69) is 10.5 Å². The molecule has 3 rings (SSSR count). The zero-order valence-electron chi connectivity index (χ0n) is 15.4. The predicted molar refractivity (Wildman–Crippen MR) is 103 cm³/mol. The SMILES string of the molecule is CC(=O)NCc1ccc(C(=O)COC(=O)c2c(-c3ccccc3)noc2C)s1. The fourth-order valence-electron chi connectivity index (χ4n) is 2.51. The standard InChI is InChI=1S/C20H18N2O5S/c1-12-18(19(22-27-12)14-6-4-3-5-7-14)20(25)26-11-16(24)17-9-8-15(28-17)10-21-13(2)23/h3-9H,10-11H2,1-2H3,(H,21,23). The summed E-state index contributed by atoms with van der Waals surface area (Å²) < 4.78 is 10.3. The van der Waals surface area contributed by atoms with Crippen LogP contribution >= 0.6 is 11.3 Å². The molecular formula is C20H18N2O5S. The molecule has 0 radical (unpaired) electrons. The monoisotopic (exact) mass is 398 g/mol. The smallest absolute Gasteiger partial charge is 0.344 e. The number of Topliss-reactive ketones (excluding diaryl/α,β-unsaturated/α-hetero) is 1. The Kier molecular flexibility index (Phi) is 6.00. The number of hydrogen-bond acceptors (Lipinski definition) is 7. The van der Waals surface area contributed by atoms with Crippen LogP contribution in [0.2, 0.25) is 0 Å². The van der Waals surface area contributed by atoms with Crippen LogP contribution in [0, 0.1) is 6.92 Å². The fourth-order valence-corrected chi connectivity index (χ4v) is 3.39. The van der Waals surface area contributed by atoms with E-state index in [0.29, 0.717) is 22.9 Å². The zero-order chi connectivity index (χ0) is 20.1. The number of ketones is 1. The van der Waals surface area contributed by atoms with Crippen molar-refractivity contribution in [2.75, 3.05) is 6.61 Å². The summed E-state index contributed by atoms with van der Waals surface area (Å²) in [6.45, 7) is 3.01. The van der Waals surface area contributed by atoms with E-state index in [1.807, 2.05) is 30.3 Å². The minimum Gasteiger partial charge on any atom is -0.454 e. The Labute approximate surface area is 165 Å². The largest absolute Gasteiger partial charge is 0.454 e. The lowest BCUT2D eigenvalue weighted by molar-refractivity contribution is -0.119. The number of aromatic nitrogens is 1. The van der Waals surface area contributed by atoms with Crippen molar-refractivity contribution in [3.8, 4) is 11.3 Å². The maximum Gasteiger partial charge on any atom is 0.344 e. The molecule has 0 bridgehead atoms. The predicted octanol–water partition coefficient (Wildman–Crippen LogP) is 3.39. The minimum atomic E-state index is -0.666. The molecule has 0 aliphatic rings. The van der Waals surface area contributed by atoms with Crippen molar-refractivity contribution in [2.45, 2.75) is 20.4 Å². The molecule has 3 aromatic rings. The second-order valence-electron chi connectivity index (χ2n) is 6.00. The molecule has 28 heavy (non-hydrogen) atoms. The fraction of sp³-hybridized carbons (Fsp3) is 0.200. The van der Waals surface area contributed by atoms with Crippen LogP contribution in [-0.4, -0.2) is 29.4 Å². The summed E-state index contributed by atoms with van der Waals surface area (Å²) in [6, 6.07) is 12.5. The number of nitrogens with zero attached hydrogens (tertiary/aromatic N) is 1. The molecule has 2 aromatic heterocycles. The van der Waals surface area contributed by atoms with Gasteiger partial charge in [-0.1, -0.05) is 35.5 Å². The first-order chi connectivity index (χ1) is 13.5. The van der Waals surface area contributed by atoms with Gasteiger partial charge in [0.1, 0.15) is 17.0 Å². The number of esters is 1. The highest BCUT2D eigenvalue weighted by Gasteiger charge is 2.24. The van der Waals surface area contributed by atoms with Gasteiger partial charge in [0, 0.05) is 17.4 Å². The molecule has 0 fully saturated rings. The van der Waals surface area contributed by atoms with E-state index in [-0.39, 0.29) is 17.3 Å². The molecule has 8 heteroatoms. The summed E-state index contributed by atoms with van der Waals surface area (Å²) in [6.07, 6.45) is 0. The number of nitrogens with one attached hydrogen (secondary N) is 1. The summed E-state index contributed by atoms with van der Waals surface area (Å²) in [5, 5.41) is 6.61. The van der Waals surface area contributed by atoms with Gasteiger partial charge >= 0.3 is 5.97 Å². The summed E-state index contributed by atoms with van der Waals surface area (Å²) in [5.74, 6) is -0.803. The maximum atomic E-state index is 12.5. The number of hydrogen-bond donors (Lipinski definition) is 1. The van der Waals surface area contributed by atoms with Crippen molar-refractivity contribution in [1.82, 2.24) is 10.5 Å². The molecule has 0 unspecified atom stereocenters. The average Bonchev–Trinajstić information content (AvgIpc) is 3.31. The van der Waals surface area contributed by atoms with Crippen molar-refractivity contribution in [3.05, 3.63) is 63.5 Å². The van der Waals surface area contributed by atoms with Crippen molar-refractivity contribution < 1.29 is 23.6 Å². The molecule has 1 N–H and O–H groups in total. The first-order valence-corrected chi connectivity index (χ1v) is 9.32. The third-order valence-corrected chi connectivity index (χ3v) is 5.02. The van der Waals surface area contributed by atoms with E-state index in [1.165, 1.54) is 18.3 Å². The molecule has 2 heterocycles. The number of aryl methyl sites for hydroxylation is 1. The number of rotatable bonds is 7. The van der Waals surface area contributed by atoms with Crippen LogP contribution in [0.4, 0.5) is 0 Å². The van der Waals surface area contributed by atoms with Crippen molar-refractivity contribution in [3.63, 3.8) is 0 Å². The molecule has 0 spiro atoms. The Morgan fingerprint density at radius 3 is 2.61 bits per heavy atom. The van der Waals surface area contributed by atoms with Crippen LogP contribution in [0.5, 0.6) is 0 Å². The molecule has 0 saturated heterocycles. The van der Waals surface area contributed by atoms with Crippen LogP contribution in [0.3, 0.4) is 0 Å². The average molecular weight is 398 g/mol. The number of thiophene rings is 1. The van der Waals surface area contributed by atoms with E-state index in [0.717, 1.165) is 10.4 Å². The van der Waals surface area contributed by atoms with E-state index in [1.54, 1.807) is 19.1 Å². The highest BCUT2D eigenvalue weighted by molar-refractivity contribution is 7.14. The first kappa shape index (κ1) is 19.5. The summed E-state index contributed by atoms with van der Waals surface area (Å²) in [4.78, 5) is 37.1. The summed E-state index contributed by atoms with van der Waals surface area (Å²) in [5.41, 5.74) is 1.30. The lowest BCUT2D eigenvalue weighted by Gasteiger charge is -2.04. The van der Waals surface area contributed by atoms with Gasteiger partial charge in [0.25, 0.3) is 0 Å². The van der Waals surface area contributed by atoms with Gasteiger partial charge in [-0.2, -0.15) is 0 Å². The van der Waals surface area contributed by atoms with Crippen LogP contribution in [-0.2, 0) is 16.1 Å². The molecule has 144 valence electrons. The van der Waals surface area contributed by atoms with Crippen LogP contribution in [0.1, 0.15) is 37.6 Å². The van der Waals surface area contributed by atoms with Crippen molar-refractivity contribution in [2.24, 2.45) is 0 Å². The number of benzene rings is 1. The Morgan fingerprint density at radius 2 is 1.89 bits per heavy atom. The molecule has 0 aliphatic heterocycles. The van der Waals surface area contributed by atoms with Gasteiger partial charge in [-0.05, 0) is 19.1 Å². The highest BCUT2D eigenvalue weighted by atomic mass is 32.1. The van der Waals surface area contributed by atoms with Gasteiger partial charge in [-0.3, -0.25) is 9.59 Å². The molecule has 1 aromatic carbocycles. The van der Waals surface area contributed by atoms with E-state index in [9.17, 15) is 14.4 Å². The van der Waals surface area contributed by atoms with Crippen LogP contribution in [0.25, 0.3) is 11.3 Å². The number of amides is 1. The molecule has 0 aliphatic carbocycles. The molecule has 0 atom stereocenters. The normalized spacial score (nSPS) is 10.5. The Balaban J connectivity index is 1.66. The van der Waals surface area contributed by atoms with Crippen LogP contribution in [0.15, 0.2) is 47.0 Å². The number of carbonyl (C=O) groups is 3. The van der Waals surface area contributed by atoms with Crippen molar-refractivity contribution >= 4 is 29.0 Å². The zero-order valence-corrected chi connectivity index (χ0v) is 16.2. The quantitative estimate of drug-likeness (QED) is 0.484. The van der Waals surface area contributed by atoms with Gasteiger partial charge in [0.2, 0.25) is 11.7 Å². The first-order valence-electron chi connectivity index (χ1n) is 8.51. The summed E-state index contributed by atoms with van der Waals surface area (Å²) in [7, 11) is 0. The van der Waals surface area contributed by atoms with Gasteiger partial charge in [-0.15, -0.1) is 11.3 Å². The Hall–Kier alpha value is -3.26. The van der Waals surface area contributed by atoms with Crippen molar-refractivity contribution in [1.29, 1.82) is 0 Å². The molecule has 7 nitrogen and oxygen atoms in total. The third kappa shape index (κ3) is 4.52.